The summed E-state index contributed by atoms with van der Waals surface area (Å²) in [7, 11) is 0. The van der Waals surface area contributed by atoms with Crippen molar-refractivity contribution in [1.29, 1.82) is 0 Å². The van der Waals surface area contributed by atoms with E-state index in [-0.39, 0.29) is 5.92 Å². The van der Waals surface area contributed by atoms with Gasteiger partial charge in [0.2, 0.25) is 5.91 Å². The van der Waals surface area contributed by atoms with Crippen molar-refractivity contribution in [2.75, 3.05) is 39.4 Å². The van der Waals surface area contributed by atoms with E-state index in [4.69, 9.17) is 16.3 Å². The Morgan fingerprint density at radius 3 is 2.61 bits per heavy atom. The van der Waals surface area contributed by atoms with Crippen LogP contribution in [-0.2, 0) is 16.0 Å². The molecule has 1 unspecified atom stereocenters. The lowest BCUT2D eigenvalue weighted by Crippen LogP contribution is -2.46. The first-order valence-corrected chi connectivity index (χ1v) is 11.3. The lowest BCUT2D eigenvalue weighted by molar-refractivity contribution is -0.140. The molecule has 1 aromatic rings. The topological polar surface area (TPSA) is 32.8 Å². The third-order valence-electron chi connectivity index (χ3n) is 6.44. The fraction of sp³-hybridized carbons (Fsp3) is 0.696. The molecule has 2 heterocycles. The molecule has 2 aliphatic heterocycles. The number of likely N-dealkylation sites (tertiary alicyclic amines) is 1. The maximum Gasteiger partial charge on any atom is 0.225 e. The van der Waals surface area contributed by atoms with Gasteiger partial charge in [-0.2, -0.15) is 0 Å². The number of hydrogen-bond acceptors (Lipinski definition) is 3. The lowest BCUT2D eigenvalue weighted by Gasteiger charge is -2.38. The molecular weight excluding hydrogens is 372 g/mol. The molecule has 0 aliphatic carbocycles. The largest absolute Gasteiger partial charge is 0.381 e. The number of likely N-dealkylation sites (N-methyl/N-ethyl adjacent to an activating group) is 1. The summed E-state index contributed by atoms with van der Waals surface area (Å²) >= 11 is 6.14. The van der Waals surface area contributed by atoms with E-state index in [1.165, 1.54) is 5.56 Å². The standard InChI is InChI=1S/C23H35ClN2O2/c1-3-25(18(2)15-20-5-4-6-22(24)16-20)17-19-7-11-26(12-8-19)23(27)21-9-13-28-14-10-21/h4-6,16,18-19,21H,3,7-15,17H2,1-2H3. The average molecular weight is 407 g/mol. The van der Waals surface area contributed by atoms with Gasteiger partial charge in [-0.15, -0.1) is 0 Å². The predicted molar refractivity (Wildman–Crippen MR) is 115 cm³/mol. The molecule has 1 atom stereocenters. The van der Waals surface area contributed by atoms with Gasteiger partial charge in [-0.1, -0.05) is 30.7 Å². The van der Waals surface area contributed by atoms with E-state index in [0.717, 1.165) is 76.5 Å². The molecule has 5 heteroatoms. The number of halogens is 1. The Labute approximate surface area is 175 Å². The van der Waals surface area contributed by atoms with Crippen LogP contribution in [0.25, 0.3) is 0 Å². The number of amides is 1. The van der Waals surface area contributed by atoms with Crippen LogP contribution in [-0.4, -0.2) is 61.1 Å². The fourth-order valence-electron chi connectivity index (χ4n) is 4.63. The van der Waals surface area contributed by atoms with Crippen LogP contribution in [0.5, 0.6) is 0 Å². The van der Waals surface area contributed by atoms with Gasteiger partial charge in [0, 0.05) is 49.8 Å². The van der Waals surface area contributed by atoms with Gasteiger partial charge in [0.1, 0.15) is 0 Å². The summed E-state index contributed by atoms with van der Waals surface area (Å²) in [6.07, 6.45) is 5.05. The Morgan fingerprint density at radius 2 is 1.96 bits per heavy atom. The minimum absolute atomic E-state index is 0.190. The van der Waals surface area contributed by atoms with Crippen molar-refractivity contribution in [3.63, 3.8) is 0 Å². The zero-order valence-electron chi connectivity index (χ0n) is 17.4. The summed E-state index contributed by atoms with van der Waals surface area (Å²) in [6.45, 7) is 10.1. The van der Waals surface area contributed by atoms with Gasteiger partial charge in [0.05, 0.1) is 0 Å². The average Bonchev–Trinajstić information content (AvgIpc) is 2.72. The molecule has 0 N–H and O–H groups in total. The van der Waals surface area contributed by atoms with Crippen molar-refractivity contribution in [3.8, 4) is 0 Å². The Kier molecular flexibility index (Phi) is 8.19. The first-order chi connectivity index (χ1) is 13.6. The molecule has 1 amide bonds. The summed E-state index contributed by atoms with van der Waals surface area (Å²) in [5, 5.41) is 0.814. The molecule has 0 bridgehead atoms. The Bertz CT molecular complexity index is 625. The van der Waals surface area contributed by atoms with Gasteiger partial charge in [-0.05, 0) is 69.2 Å². The number of nitrogens with zero attached hydrogens (tertiary/aromatic N) is 2. The lowest BCUT2D eigenvalue weighted by atomic mass is 9.92. The Morgan fingerprint density at radius 1 is 1.25 bits per heavy atom. The number of rotatable bonds is 7. The van der Waals surface area contributed by atoms with Gasteiger partial charge in [0.25, 0.3) is 0 Å². The van der Waals surface area contributed by atoms with Crippen molar-refractivity contribution in [2.24, 2.45) is 11.8 Å². The molecule has 3 rings (SSSR count). The van der Waals surface area contributed by atoms with Gasteiger partial charge < -0.3 is 14.5 Å². The van der Waals surface area contributed by atoms with E-state index in [1.54, 1.807) is 0 Å². The first-order valence-electron chi connectivity index (χ1n) is 10.9. The molecule has 28 heavy (non-hydrogen) atoms. The molecule has 2 fully saturated rings. The number of piperidine rings is 1. The van der Waals surface area contributed by atoms with Crippen LogP contribution in [0.15, 0.2) is 24.3 Å². The zero-order valence-corrected chi connectivity index (χ0v) is 18.2. The van der Waals surface area contributed by atoms with E-state index in [9.17, 15) is 4.79 Å². The number of carbonyl (C=O) groups is 1. The number of carbonyl (C=O) groups excluding carboxylic acids is 1. The van der Waals surface area contributed by atoms with E-state index in [1.807, 2.05) is 12.1 Å². The van der Waals surface area contributed by atoms with E-state index >= 15 is 0 Å². The van der Waals surface area contributed by atoms with Crippen LogP contribution in [0, 0.1) is 11.8 Å². The quantitative estimate of drug-likeness (QED) is 0.678. The molecule has 0 saturated carbocycles. The van der Waals surface area contributed by atoms with Crippen molar-refractivity contribution < 1.29 is 9.53 Å². The van der Waals surface area contributed by atoms with Crippen LogP contribution in [0.1, 0.15) is 45.1 Å². The van der Waals surface area contributed by atoms with Crippen molar-refractivity contribution >= 4 is 17.5 Å². The molecular formula is C23H35ClN2O2. The highest BCUT2D eigenvalue weighted by Gasteiger charge is 2.30. The van der Waals surface area contributed by atoms with Gasteiger partial charge in [-0.25, -0.2) is 0 Å². The van der Waals surface area contributed by atoms with Crippen LogP contribution in [0.4, 0.5) is 0 Å². The van der Waals surface area contributed by atoms with Gasteiger partial charge in [-0.3, -0.25) is 4.79 Å². The maximum absolute atomic E-state index is 12.7. The third-order valence-corrected chi connectivity index (χ3v) is 6.67. The van der Waals surface area contributed by atoms with Crippen molar-refractivity contribution in [3.05, 3.63) is 34.9 Å². The first kappa shape index (κ1) is 21.6. The summed E-state index contributed by atoms with van der Waals surface area (Å²) in [4.78, 5) is 17.4. The summed E-state index contributed by atoms with van der Waals surface area (Å²) in [5.74, 6) is 1.24. The number of benzene rings is 1. The van der Waals surface area contributed by atoms with E-state index < -0.39 is 0 Å². The molecule has 156 valence electrons. The minimum Gasteiger partial charge on any atom is -0.381 e. The highest BCUT2D eigenvalue weighted by molar-refractivity contribution is 6.30. The van der Waals surface area contributed by atoms with Crippen molar-refractivity contribution in [2.45, 2.75) is 52.0 Å². The molecule has 0 spiro atoms. The molecule has 4 nitrogen and oxygen atoms in total. The molecule has 0 radical (unpaired) electrons. The van der Waals surface area contributed by atoms with Crippen LogP contribution < -0.4 is 0 Å². The van der Waals surface area contributed by atoms with Crippen LogP contribution >= 0.6 is 11.6 Å². The molecule has 2 aliphatic rings. The predicted octanol–water partition coefficient (Wildman–Crippen LogP) is 4.26. The molecule has 0 aromatic heterocycles. The highest BCUT2D eigenvalue weighted by Crippen LogP contribution is 2.24. The monoisotopic (exact) mass is 406 g/mol. The van der Waals surface area contributed by atoms with E-state index in [0.29, 0.717) is 17.9 Å². The molecule has 2 saturated heterocycles. The van der Waals surface area contributed by atoms with Gasteiger partial charge in [0.15, 0.2) is 0 Å². The fourth-order valence-corrected chi connectivity index (χ4v) is 4.84. The highest BCUT2D eigenvalue weighted by atomic mass is 35.5. The number of ether oxygens (including phenoxy) is 1. The number of hydrogen-bond donors (Lipinski definition) is 0. The molecule has 1 aromatic carbocycles. The smallest absolute Gasteiger partial charge is 0.225 e. The Hall–Kier alpha value is -1.10. The minimum atomic E-state index is 0.190. The SMILES string of the molecule is CCN(CC1CCN(C(=O)C2CCOCC2)CC1)C(C)Cc1cccc(Cl)c1. The van der Waals surface area contributed by atoms with Gasteiger partial charge >= 0.3 is 0 Å². The van der Waals surface area contributed by atoms with Crippen molar-refractivity contribution in [1.82, 2.24) is 9.80 Å². The maximum atomic E-state index is 12.7. The third kappa shape index (κ3) is 5.95. The summed E-state index contributed by atoms with van der Waals surface area (Å²) in [6, 6.07) is 8.70. The normalized spacial score (nSPS) is 20.5. The zero-order chi connectivity index (χ0) is 19.9. The Balaban J connectivity index is 1.46. The summed E-state index contributed by atoms with van der Waals surface area (Å²) in [5.41, 5.74) is 1.30. The summed E-state index contributed by atoms with van der Waals surface area (Å²) < 4.78 is 5.40. The second-order valence-electron chi connectivity index (χ2n) is 8.43. The van der Waals surface area contributed by atoms with Crippen LogP contribution in [0.3, 0.4) is 0 Å². The second kappa shape index (κ2) is 10.6. The second-order valence-corrected chi connectivity index (χ2v) is 8.86. The van der Waals surface area contributed by atoms with Crippen LogP contribution in [0.2, 0.25) is 5.02 Å². The van der Waals surface area contributed by atoms with E-state index in [2.05, 4.69) is 35.8 Å².